The van der Waals surface area contributed by atoms with Gasteiger partial charge in [0.05, 0.1) is 6.54 Å². The molecule has 0 bridgehead atoms. The molecule has 0 saturated carbocycles. The van der Waals surface area contributed by atoms with E-state index in [-0.39, 0.29) is 34.7 Å². The van der Waals surface area contributed by atoms with Crippen LogP contribution in [0.4, 0.5) is 5.69 Å². The number of rotatable bonds is 4. The number of ketones is 1. The highest BCUT2D eigenvalue weighted by Gasteiger charge is 2.34. The molecule has 0 atom stereocenters. The van der Waals surface area contributed by atoms with E-state index >= 15 is 0 Å². The van der Waals surface area contributed by atoms with Crippen molar-refractivity contribution < 1.29 is 4.79 Å². The Morgan fingerprint density at radius 2 is 2.00 bits per heavy atom. The highest BCUT2D eigenvalue weighted by atomic mass is 79.9. The van der Waals surface area contributed by atoms with Gasteiger partial charge in [-0.15, -0.1) is 17.0 Å². The van der Waals surface area contributed by atoms with E-state index in [9.17, 15) is 4.79 Å². The second-order valence-corrected chi connectivity index (χ2v) is 8.26. The average Bonchev–Trinajstić information content (AvgIpc) is 3.07. The van der Waals surface area contributed by atoms with Crippen LogP contribution in [-0.4, -0.2) is 41.6 Å². The number of pyridine rings is 1. The fourth-order valence-corrected chi connectivity index (χ4v) is 4.24. The molecule has 0 spiro atoms. The Morgan fingerprint density at radius 1 is 1.25 bits per heavy atom. The standard InChI is InChI=1S/C22H26N4O.BrH/c1-5-16-8-6-15-11-26(21(23)20(15)24-16)12-19(27)14-7-9-18-17(10-14)22(2,3)13-25(18)4;/h6-10,23H,5,11-13H2,1-4H3;1H. The van der Waals surface area contributed by atoms with Crippen LogP contribution in [0.5, 0.6) is 0 Å². The summed E-state index contributed by atoms with van der Waals surface area (Å²) in [6.45, 7) is 8.24. The van der Waals surface area contributed by atoms with Crippen LogP contribution in [0.1, 0.15) is 53.6 Å². The molecule has 1 aromatic carbocycles. The van der Waals surface area contributed by atoms with Crippen LogP contribution in [0.3, 0.4) is 0 Å². The van der Waals surface area contributed by atoms with Gasteiger partial charge in [0.2, 0.25) is 0 Å². The first-order valence-corrected chi connectivity index (χ1v) is 9.51. The van der Waals surface area contributed by atoms with Crippen molar-refractivity contribution in [3.05, 3.63) is 58.4 Å². The zero-order chi connectivity index (χ0) is 19.3. The van der Waals surface area contributed by atoms with E-state index in [4.69, 9.17) is 5.41 Å². The number of carbonyl (C=O) groups excluding carboxylic acids is 1. The first-order chi connectivity index (χ1) is 12.8. The number of Topliss-reactive ketones (excluding diaryl/α,β-unsaturated/α-hetero) is 1. The Bertz CT molecular complexity index is 954. The average molecular weight is 443 g/mol. The zero-order valence-electron chi connectivity index (χ0n) is 16.9. The van der Waals surface area contributed by atoms with Crippen LogP contribution in [0.2, 0.25) is 0 Å². The van der Waals surface area contributed by atoms with Crippen LogP contribution < -0.4 is 4.90 Å². The monoisotopic (exact) mass is 442 g/mol. The lowest BCUT2D eigenvalue weighted by Crippen LogP contribution is -2.30. The van der Waals surface area contributed by atoms with Crippen molar-refractivity contribution in [2.75, 3.05) is 25.0 Å². The molecule has 0 radical (unpaired) electrons. The topological polar surface area (TPSA) is 60.3 Å². The fourth-order valence-electron chi connectivity index (χ4n) is 4.24. The predicted octanol–water partition coefficient (Wildman–Crippen LogP) is 3.97. The van der Waals surface area contributed by atoms with E-state index in [1.807, 2.05) is 29.2 Å². The summed E-state index contributed by atoms with van der Waals surface area (Å²) in [5.74, 6) is 0.409. The van der Waals surface area contributed by atoms with Gasteiger partial charge in [0.25, 0.3) is 0 Å². The third kappa shape index (κ3) is 3.34. The van der Waals surface area contributed by atoms with Gasteiger partial charge in [-0.05, 0) is 36.2 Å². The number of nitrogens with zero attached hydrogens (tertiary/aromatic N) is 3. The molecule has 148 valence electrons. The van der Waals surface area contributed by atoms with Crippen molar-refractivity contribution in [1.82, 2.24) is 9.88 Å². The second kappa shape index (κ2) is 7.32. The Kier molecular flexibility index (Phi) is 5.36. The smallest absolute Gasteiger partial charge is 0.182 e. The summed E-state index contributed by atoms with van der Waals surface area (Å²) in [5, 5.41) is 8.43. The molecule has 3 heterocycles. The van der Waals surface area contributed by atoms with Crippen LogP contribution in [0, 0.1) is 5.41 Å². The molecule has 5 nitrogen and oxygen atoms in total. The highest BCUT2D eigenvalue weighted by Crippen LogP contribution is 2.40. The molecule has 0 fully saturated rings. The normalized spacial score (nSPS) is 16.6. The van der Waals surface area contributed by atoms with Crippen LogP contribution >= 0.6 is 17.0 Å². The molecule has 28 heavy (non-hydrogen) atoms. The molecule has 0 amide bonds. The summed E-state index contributed by atoms with van der Waals surface area (Å²) in [4.78, 5) is 21.6. The Balaban J connectivity index is 0.00000225. The number of hydrogen-bond donors (Lipinski definition) is 1. The van der Waals surface area contributed by atoms with Crippen LogP contribution in [0.25, 0.3) is 0 Å². The van der Waals surface area contributed by atoms with E-state index < -0.39 is 0 Å². The van der Waals surface area contributed by atoms with Gasteiger partial charge in [-0.1, -0.05) is 26.8 Å². The largest absolute Gasteiger partial charge is 0.373 e. The first-order valence-electron chi connectivity index (χ1n) is 9.51. The lowest BCUT2D eigenvalue weighted by atomic mass is 9.86. The van der Waals surface area contributed by atoms with Gasteiger partial charge < -0.3 is 9.80 Å². The maximum atomic E-state index is 12.9. The minimum Gasteiger partial charge on any atom is -0.373 e. The number of aromatic nitrogens is 1. The molecular formula is C22H27BrN4O. The maximum Gasteiger partial charge on any atom is 0.182 e. The summed E-state index contributed by atoms with van der Waals surface area (Å²) < 4.78 is 0. The lowest BCUT2D eigenvalue weighted by Gasteiger charge is -2.19. The molecule has 0 unspecified atom stereocenters. The van der Waals surface area contributed by atoms with Crippen molar-refractivity contribution in [3.8, 4) is 0 Å². The highest BCUT2D eigenvalue weighted by molar-refractivity contribution is 8.93. The SMILES string of the molecule is Br.CCc1ccc2c(n1)C(=N)N(CC(=O)c1ccc3c(c1)C(C)(C)CN3C)C2. The number of hydrogen-bond acceptors (Lipinski definition) is 4. The zero-order valence-corrected chi connectivity index (χ0v) is 18.6. The Labute approximate surface area is 177 Å². The summed E-state index contributed by atoms with van der Waals surface area (Å²) in [7, 11) is 2.09. The van der Waals surface area contributed by atoms with E-state index in [1.165, 1.54) is 11.3 Å². The summed E-state index contributed by atoms with van der Waals surface area (Å²) >= 11 is 0. The number of halogens is 1. The third-order valence-electron chi connectivity index (χ3n) is 5.73. The molecule has 4 rings (SSSR count). The van der Waals surface area contributed by atoms with Crippen molar-refractivity contribution in [3.63, 3.8) is 0 Å². The summed E-state index contributed by atoms with van der Waals surface area (Å²) in [6, 6.07) is 10.1. The van der Waals surface area contributed by atoms with Crippen LogP contribution in [-0.2, 0) is 18.4 Å². The van der Waals surface area contributed by atoms with Crippen molar-refractivity contribution in [1.29, 1.82) is 5.41 Å². The van der Waals surface area contributed by atoms with E-state index in [0.29, 0.717) is 12.4 Å². The molecule has 6 heteroatoms. The number of benzene rings is 1. The van der Waals surface area contributed by atoms with E-state index in [2.05, 4.69) is 43.8 Å². The van der Waals surface area contributed by atoms with Gasteiger partial charge in [-0.2, -0.15) is 0 Å². The number of anilines is 1. The quantitative estimate of drug-likeness (QED) is 0.727. The maximum absolute atomic E-state index is 12.9. The van der Waals surface area contributed by atoms with Gasteiger partial charge in [-0.25, -0.2) is 4.98 Å². The number of likely N-dealkylation sites (N-methyl/N-ethyl adjacent to an activating group) is 1. The van der Waals surface area contributed by atoms with Gasteiger partial charge in [-0.3, -0.25) is 10.2 Å². The molecule has 0 saturated heterocycles. The molecule has 2 aliphatic heterocycles. The second-order valence-electron chi connectivity index (χ2n) is 8.26. The molecule has 1 aromatic heterocycles. The summed E-state index contributed by atoms with van der Waals surface area (Å²) in [5.41, 5.74) is 5.93. The number of amidine groups is 1. The fraction of sp³-hybridized carbons (Fsp3) is 0.409. The Morgan fingerprint density at radius 3 is 2.71 bits per heavy atom. The molecule has 2 aromatic rings. The number of nitrogens with one attached hydrogen (secondary N) is 1. The third-order valence-corrected chi connectivity index (χ3v) is 5.73. The van der Waals surface area contributed by atoms with Crippen molar-refractivity contribution in [2.45, 2.75) is 39.2 Å². The molecular weight excluding hydrogens is 416 g/mol. The van der Waals surface area contributed by atoms with E-state index in [0.717, 1.165) is 35.5 Å². The number of aryl methyl sites for hydroxylation is 1. The molecule has 1 N–H and O–H groups in total. The Hall–Kier alpha value is -2.21. The van der Waals surface area contributed by atoms with Gasteiger partial charge in [0, 0.05) is 48.1 Å². The molecule has 2 aliphatic rings. The lowest BCUT2D eigenvalue weighted by molar-refractivity contribution is 0.0962. The van der Waals surface area contributed by atoms with E-state index in [1.54, 1.807) is 0 Å². The summed E-state index contributed by atoms with van der Waals surface area (Å²) in [6.07, 6.45) is 0.846. The number of carbonyl (C=O) groups is 1. The first kappa shape index (κ1) is 20.5. The van der Waals surface area contributed by atoms with Crippen molar-refractivity contribution >= 4 is 34.3 Å². The van der Waals surface area contributed by atoms with Crippen LogP contribution in [0.15, 0.2) is 30.3 Å². The van der Waals surface area contributed by atoms with Gasteiger partial charge >= 0.3 is 0 Å². The number of fused-ring (bicyclic) bond motifs is 2. The molecule has 0 aliphatic carbocycles. The minimum atomic E-state index is 0. The van der Waals surface area contributed by atoms with Gasteiger partial charge in [0.15, 0.2) is 5.78 Å². The van der Waals surface area contributed by atoms with Gasteiger partial charge in [0.1, 0.15) is 11.5 Å². The van der Waals surface area contributed by atoms with Crippen molar-refractivity contribution in [2.24, 2.45) is 0 Å². The minimum absolute atomic E-state index is 0. The predicted molar refractivity (Wildman–Crippen MR) is 118 cm³/mol.